The van der Waals surface area contributed by atoms with Crippen LogP contribution in [0.2, 0.25) is 0 Å². The Morgan fingerprint density at radius 2 is 2.13 bits per heavy atom. The second-order valence-corrected chi connectivity index (χ2v) is 3.64. The van der Waals surface area contributed by atoms with Crippen LogP contribution in [0.5, 0.6) is 0 Å². The van der Waals surface area contributed by atoms with Gasteiger partial charge in [0.05, 0.1) is 7.11 Å². The van der Waals surface area contributed by atoms with E-state index in [-0.39, 0.29) is 5.97 Å². The van der Waals surface area contributed by atoms with E-state index in [0.717, 1.165) is 12.0 Å². The normalized spacial score (nSPS) is 25.1. The lowest BCUT2D eigenvalue weighted by Crippen LogP contribution is -2.36. The van der Waals surface area contributed by atoms with Crippen LogP contribution in [-0.4, -0.2) is 19.7 Å². The molecule has 1 aliphatic heterocycles. The molecule has 0 N–H and O–H groups in total. The summed E-state index contributed by atoms with van der Waals surface area (Å²) < 4.78 is 10.4. The molecule has 0 bridgehead atoms. The number of benzene rings is 1. The minimum Gasteiger partial charge on any atom is -0.467 e. The molecule has 1 aromatic rings. The maximum Gasteiger partial charge on any atom is 0.342 e. The number of hydrogen-bond acceptors (Lipinski definition) is 3. The lowest BCUT2D eigenvalue weighted by atomic mass is 9.91. The van der Waals surface area contributed by atoms with Crippen LogP contribution in [0, 0.1) is 0 Å². The van der Waals surface area contributed by atoms with Gasteiger partial charge in [0, 0.05) is 6.61 Å². The Morgan fingerprint density at radius 1 is 1.40 bits per heavy atom. The van der Waals surface area contributed by atoms with Gasteiger partial charge in [-0.05, 0) is 18.4 Å². The number of esters is 1. The van der Waals surface area contributed by atoms with Crippen LogP contribution in [0.15, 0.2) is 30.3 Å². The number of ether oxygens (including phenoxy) is 2. The van der Waals surface area contributed by atoms with Crippen molar-refractivity contribution in [2.75, 3.05) is 13.7 Å². The zero-order valence-corrected chi connectivity index (χ0v) is 8.73. The van der Waals surface area contributed by atoms with Crippen molar-refractivity contribution in [3.8, 4) is 0 Å². The predicted octanol–water partition coefficient (Wildman–Crippen LogP) is 1.87. The topological polar surface area (TPSA) is 35.5 Å². The zero-order chi connectivity index (χ0) is 10.7. The summed E-state index contributed by atoms with van der Waals surface area (Å²) in [6.45, 7) is 0.615. The molecular weight excluding hydrogens is 192 g/mol. The zero-order valence-electron chi connectivity index (χ0n) is 8.73. The Balaban J connectivity index is 2.39. The van der Waals surface area contributed by atoms with E-state index < -0.39 is 5.60 Å². The molecule has 0 radical (unpaired) electrons. The number of rotatable bonds is 2. The van der Waals surface area contributed by atoms with Crippen LogP contribution in [0.3, 0.4) is 0 Å². The van der Waals surface area contributed by atoms with Crippen LogP contribution in [0.4, 0.5) is 0 Å². The summed E-state index contributed by atoms with van der Waals surface area (Å²) in [6, 6.07) is 9.54. The Labute approximate surface area is 89.0 Å². The Bertz CT molecular complexity index is 339. The van der Waals surface area contributed by atoms with Crippen LogP contribution in [0.25, 0.3) is 0 Å². The summed E-state index contributed by atoms with van der Waals surface area (Å²) in [5.41, 5.74) is 0.0186. The lowest BCUT2D eigenvalue weighted by Gasteiger charge is -2.25. The van der Waals surface area contributed by atoms with Crippen molar-refractivity contribution in [3.63, 3.8) is 0 Å². The molecular formula is C12H14O3. The first-order valence-electron chi connectivity index (χ1n) is 5.07. The number of carbonyl (C=O) groups is 1. The number of hydrogen-bond donors (Lipinski definition) is 0. The molecule has 3 heteroatoms. The van der Waals surface area contributed by atoms with E-state index in [4.69, 9.17) is 9.47 Å². The minimum atomic E-state index is -0.865. The average molecular weight is 206 g/mol. The van der Waals surface area contributed by atoms with Crippen molar-refractivity contribution in [3.05, 3.63) is 35.9 Å². The van der Waals surface area contributed by atoms with Gasteiger partial charge >= 0.3 is 5.97 Å². The molecule has 1 atom stereocenters. The summed E-state index contributed by atoms with van der Waals surface area (Å²) in [4.78, 5) is 11.8. The van der Waals surface area contributed by atoms with E-state index in [9.17, 15) is 4.79 Å². The van der Waals surface area contributed by atoms with Gasteiger partial charge in [-0.1, -0.05) is 30.3 Å². The fourth-order valence-electron chi connectivity index (χ4n) is 2.02. The van der Waals surface area contributed by atoms with Gasteiger partial charge in [-0.25, -0.2) is 4.79 Å². The van der Waals surface area contributed by atoms with Gasteiger partial charge in [0.15, 0.2) is 5.60 Å². The van der Waals surface area contributed by atoms with Crippen molar-refractivity contribution < 1.29 is 14.3 Å². The highest BCUT2D eigenvalue weighted by Gasteiger charge is 2.45. The van der Waals surface area contributed by atoms with E-state index >= 15 is 0 Å². The summed E-state index contributed by atoms with van der Waals surface area (Å²) in [6.07, 6.45) is 1.59. The first-order chi connectivity index (χ1) is 7.29. The number of carbonyl (C=O) groups excluding carboxylic acids is 1. The number of methoxy groups -OCH3 is 1. The summed E-state index contributed by atoms with van der Waals surface area (Å²) in [7, 11) is 1.40. The summed E-state index contributed by atoms with van der Waals surface area (Å²) >= 11 is 0. The molecule has 1 aromatic carbocycles. The molecule has 0 aromatic heterocycles. The SMILES string of the molecule is COC(=O)C1(c2ccccc2)CCCO1. The molecule has 0 saturated carbocycles. The quantitative estimate of drug-likeness (QED) is 0.693. The predicted molar refractivity (Wildman–Crippen MR) is 55.3 cm³/mol. The van der Waals surface area contributed by atoms with Crippen LogP contribution < -0.4 is 0 Å². The van der Waals surface area contributed by atoms with Crippen molar-refractivity contribution in [1.82, 2.24) is 0 Å². The molecule has 1 heterocycles. The standard InChI is InChI=1S/C12H14O3/c1-14-11(13)12(8-5-9-15-12)10-6-3-2-4-7-10/h2-4,6-7H,5,8-9H2,1H3. The highest BCUT2D eigenvalue weighted by molar-refractivity contribution is 5.81. The van der Waals surface area contributed by atoms with Crippen molar-refractivity contribution >= 4 is 5.97 Å². The summed E-state index contributed by atoms with van der Waals surface area (Å²) in [5, 5.41) is 0. The molecule has 15 heavy (non-hydrogen) atoms. The highest BCUT2D eigenvalue weighted by Crippen LogP contribution is 2.37. The maximum atomic E-state index is 11.8. The second-order valence-electron chi connectivity index (χ2n) is 3.64. The van der Waals surface area contributed by atoms with Gasteiger partial charge < -0.3 is 9.47 Å². The maximum absolute atomic E-state index is 11.8. The van der Waals surface area contributed by atoms with Gasteiger partial charge in [-0.2, -0.15) is 0 Å². The molecule has 80 valence electrons. The van der Waals surface area contributed by atoms with Gasteiger partial charge in [-0.3, -0.25) is 0 Å². The fraction of sp³-hybridized carbons (Fsp3) is 0.417. The third-order valence-electron chi connectivity index (χ3n) is 2.78. The molecule has 3 nitrogen and oxygen atoms in total. The van der Waals surface area contributed by atoms with Crippen molar-refractivity contribution in [2.45, 2.75) is 18.4 Å². The van der Waals surface area contributed by atoms with Crippen LogP contribution in [0.1, 0.15) is 18.4 Å². The summed E-state index contributed by atoms with van der Waals surface area (Å²) in [5.74, 6) is -0.300. The van der Waals surface area contributed by atoms with Crippen LogP contribution >= 0.6 is 0 Å². The van der Waals surface area contributed by atoms with E-state index in [2.05, 4.69) is 0 Å². The largest absolute Gasteiger partial charge is 0.467 e. The molecule has 0 aliphatic carbocycles. The van der Waals surface area contributed by atoms with Gasteiger partial charge in [-0.15, -0.1) is 0 Å². The monoisotopic (exact) mass is 206 g/mol. The molecule has 1 saturated heterocycles. The average Bonchev–Trinajstić information content (AvgIpc) is 2.79. The molecule has 0 amide bonds. The third kappa shape index (κ3) is 1.63. The Hall–Kier alpha value is -1.35. The first-order valence-corrected chi connectivity index (χ1v) is 5.07. The lowest BCUT2D eigenvalue weighted by molar-refractivity contribution is -0.165. The van der Waals surface area contributed by atoms with Gasteiger partial charge in [0.1, 0.15) is 0 Å². The van der Waals surface area contributed by atoms with Gasteiger partial charge in [0.2, 0.25) is 0 Å². The smallest absolute Gasteiger partial charge is 0.342 e. The molecule has 1 unspecified atom stereocenters. The molecule has 1 aliphatic rings. The highest BCUT2D eigenvalue weighted by atomic mass is 16.6. The third-order valence-corrected chi connectivity index (χ3v) is 2.78. The van der Waals surface area contributed by atoms with E-state index in [1.165, 1.54) is 7.11 Å². The van der Waals surface area contributed by atoms with E-state index in [0.29, 0.717) is 13.0 Å². The minimum absolute atomic E-state index is 0.300. The van der Waals surface area contributed by atoms with Crippen molar-refractivity contribution in [1.29, 1.82) is 0 Å². The Kier molecular flexibility index (Phi) is 2.73. The van der Waals surface area contributed by atoms with E-state index in [1.807, 2.05) is 30.3 Å². The van der Waals surface area contributed by atoms with E-state index in [1.54, 1.807) is 0 Å². The Morgan fingerprint density at radius 3 is 2.67 bits per heavy atom. The first kappa shape index (κ1) is 10.2. The molecule has 2 rings (SSSR count). The fourth-order valence-corrected chi connectivity index (χ4v) is 2.02. The second kappa shape index (κ2) is 4.03. The van der Waals surface area contributed by atoms with Crippen LogP contribution in [-0.2, 0) is 19.9 Å². The van der Waals surface area contributed by atoms with Crippen molar-refractivity contribution in [2.24, 2.45) is 0 Å². The molecule has 0 spiro atoms. The molecule has 1 fully saturated rings. The van der Waals surface area contributed by atoms with Gasteiger partial charge in [0.25, 0.3) is 0 Å².